The number of para-hydroxylation sites is 1. The topological polar surface area (TPSA) is 75.2 Å². The molecule has 5 rings (SSSR count). The summed E-state index contributed by atoms with van der Waals surface area (Å²) >= 11 is 0. The third kappa shape index (κ3) is 4.03. The van der Waals surface area contributed by atoms with E-state index in [4.69, 9.17) is 23.5 Å². The summed E-state index contributed by atoms with van der Waals surface area (Å²) in [5.41, 5.74) is 0.837. The second kappa shape index (κ2) is 7.94. The van der Waals surface area contributed by atoms with Crippen LogP contribution in [0.4, 0.5) is 5.69 Å². The van der Waals surface area contributed by atoms with E-state index in [1.165, 1.54) is 0 Å². The van der Waals surface area contributed by atoms with Crippen LogP contribution in [-0.2, 0) is 28.0 Å². The van der Waals surface area contributed by atoms with E-state index < -0.39 is 49.1 Å². The molecule has 7 nitrogen and oxygen atoms in total. The number of hydrogen-bond donors (Lipinski definition) is 1. The minimum Gasteiger partial charge on any atom is -0.371 e. The van der Waals surface area contributed by atoms with Crippen LogP contribution in [0.3, 0.4) is 0 Å². The third-order valence-electron chi connectivity index (χ3n) is 6.04. The van der Waals surface area contributed by atoms with Gasteiger partial charge in [-0.2, -0.15) is 0 Å². The van der Waals surface area contributed by atoms with Gasteiger partial charge in [-0.25, -0.2) is 0 Å². The summed E-state index contributed by atoms with van der Waals surface area (Å²) in [6.07, 6.45) is -2.02. The Kier molecular flexibility index (Phi) is 5.48. The van der Waals surface area contributed by atoms with Crippen molar-refractivity contribution in [1.82, 2.24) is 0 Å². The van der Waals surface area contributed by atoms with Crippen molar-refractivity contribution < 1.29 is 28.0 Å². The Morgan fingerprint density at radius 3 is 2.06 bits per heavy atom. The molecular weight excluding hydrogens is 429 g/mol. The first kappa shape index (κ1) is 22.1. The van der Waals surface area contributed by atoms with Gasteiger partial charge in [0.2, 0.25) is 0 Å². The molecule has 0 amide bonds. The van der Waals surface area contributed by atoms with Gasteiger partial charge >= 0.3 is 0 Å². The fourth-order valence-corrected chi connectivity index (χ4v) is 7.42. The van der Waals surface area contributed by atoms with Crippen LogP contribution < -0.4 is 10.6 Å². The van der Waals surface area contributed by atoms with Crippen molar-refractivity contribution in [2.75, 3.05) is 11.9 Å². The molecule has 32 heavy (non-hydrogen) atoms. The minimum absolute atomic E-state index is 0.330. The van der Waals surface area contributed by atoms with E-state index >= 15 is 0 Å². The molecule has 3 aliphatic heterocycles. The Labute approximate surface area is 188 Å². The number of fused-ring (bicyclic) bond motifs is 1. The quantitative estimate of drug-likeness (QED) is 0.690. The molecule has 1 N–H and O–H groups in total. The van der Waals surface area contributed by atoms with Gasteiger partial charge < -0.3 is 28.8 Å². The van der Waals surface area contributed by atoms with Gasteiger partial charge in [-0.05, 0) is 52.0 Å². The average Bonchev–Trinajstić information content (AvgIpc) is 3.29. The highest BCUT2D eigenvalue weighted by Crippen LogP contribution is 2.61. The van der Waals surface area contributed by atoms with Crippen LogP contribution >= 0.6 is 7.37 Å². The molecule has 0 aliphatic carbocycles. The molecule has 3 fully saturated rings. The molecule has 0 saturated carbocycles. The summed E-state index contributed by atoms with van der Waals surface area (Å²) < 4.78 is 45.8. The average molecular weight is 459 g/mol. The number of hydrogen-bond acceptors (Lipinski definition) is 7. The number of anilines is 1. The van der Waals surface area contributed by atoms with Crippen molar-refractivity contribution in [3.05, 3.63) is 60.7 Å². The fraction of sp³-hybridized carbons (Fsp3) is 0.500. The van der Waals surface area contributed by atoms with Crippen molar-refractivity contribution in [3.8, 4) is 0 Å². The van der Waals surface area contributed by atoms with E-state index in [0.717, 1.165) is 5.69 Å². The van der Waals surface area contributed by atoms with Gasteiger partial charge in [0, 0.05) is 11.0 Å². The second-order valence-corrected chi connectivity index (χ2v) is 11.9. The molecule has 8 heteroatoms. The highest BCUT2D eigenvalue weighted by molar-refractivity contribution is 7.68. The lowest BCUT2D eigenvalue weighted by Gasteiger charge is -2.44. The molecule has 0 bridgehead atoms. The molecule has 3 aliphatic rings. The standard InChI is InChI=1S/C24H30NO6P/c1-23(2)27-15-18(28-23)19-20-21(30-24(3,4)29-20)22(25-16-11-7-5-8-12-16)32(26,31-19)17-13-9-6-10-14-17/h5-14,18-22,25H,15H2,1-4H3/t18-,19-,20+,21+,22-,32+/m1/s1. The van der Waals surface area contributed by atoms with Gasteiger partial charge in [-0.15, -0.1) is 0 Å². The van der Waals surface area contributed by atoms with Gasteiger partial charge in [0.1, 0.15) is 30.2 Å². The summed E-state index contributed by atoms with van der Waals surface area (Å²) in [5.74, 6) is -2.23. The lowest BCUT2D eigenvalue weighted by Crippen LogP contribution is -2.57. The van der Waals surface area contributed by atoms with Crippen molar-refractivity contribution >= 4 is 18.4 Å². The molecule has 2 aromatic carbocycles. The van der Waals surface area contributed by atoms with Crippen LogP contribution in [0, 0.1) is 0 Å². The van der Waals surface area contributed by atoms with Crippen molar-refractivity contribution in [1.29, 1.82) is 0 Å². The van der Waals surface area contributed by atoms with Crippen LogP contribution in [-0.4, -0.2) is 48.4 Å². The number of nitrogens with one attached hydrogen (secondary N) is 1. The van der Waals surface area contributed by atoms with Crippen LogP contribution in [0.25, 0.3) is 0 Å². The van der Waals surface area contributed by atoms with Crippen molar-refractivity contribution in [3.63, 3.8) is 0 Å². The SMILES string of the molecule is CC1(C)O[C@H]2[C@@H]([C@H]3COC(C)(C)O3)O[P@@](=O)(c3ccccc3)[C@@H](Nc3ccccc3)[C@H]2O1. The third-order valence-corrected chi connectivity index (χ3v) is 8.77. The molecular formula is C24H30NO6P. The van der Waals surface area contributed by atoms with Crippen molar-refractivity contribution in [2.45, 2.75) is 69.5 Å². The van der Waals surface area contributed by atoms with E-state index in [1.807, 2.05) is 88.4 Å². The number of ether oxygens (including phenoxy) is 4. The summed E-state index contributed by atoms with van der Waals surface area (Å²) in [7, 11) is -3.47. The maximum Gasteiger partial charge on any atom is 0.256 e. The van der Waals surface area contributed by atoms with Crippen LogP contribution in [0.15, 0.2) is 60.7 Å². The molecule has 6 atom stereocenters. The summed E-state index contributed by atoms with van der Waals surface area (Å²) in [6, 6.07) is 19.0. The first-order valence-corrected chi connectivity index (χ1v) is 12.7. The summed E-state index contributed by atoms with van der Waals surface area (Å²) in [5, 5.41) is 4.07. The molecule has 3 saturated heterocycles. The largest absolute Gasteiger partial charge is 0.371 e. The van der Waals surface area contributed by atoms with Gasteiger partial charge in [0.15, 0.2) is 11.6 Å². The Morgan fingerprint density at radius 1 is 0.812 bits per heavy atom. The van der Waals surface area contributed by atoms with E-state index in [1.54, 1.807) is 0 Å². The Bertz CT molecular complexity index is 998. The monoisotopic (exact) mass is 459 g/mol. The first-order valence-electron chi connectivity index (χ1n) is 11.0. The Balaban J connectivity index is 1.58. The van der Waals surface area contributed by atoms with Crippen LogP contribution in [0.5, 0.6) is 0 Å². The molecule has 0 radical (unpaired) electrons. The zero-order valence-electron chi connectivity index (χ0n) is 18.8. The van der Waals surface area contributed by atoms with Crippen LogP contribution in [0.2, 0.25) is 0 Å². The summed E-state index contributed by atoms with van der Waals surface area (Å²) in [4.78, 5) is 0. The Morgan fingerprint density at radius 2 is 1.44 bits per heavy atom. The zero-order valence-corrected chi connectivity index (χ0v) is 19.7. The highest BCUT2D eigenvalue weighted by atomic mass is 31.2. The number of rotatable bonds is 4. The normalized spacial score (nSPS) is 37.7. The van der Waals surface area contributed by atoms with E-state index in [-0.39, 0.29) is 0 Å². The van der Waals surface area contributed by atoms with E-state index in [0.29, 0.717) is 11.9 Å². The molecule has 3 heterocycles. The molecule has 0 unspecified atom stereocenters. The predicted octanol–water partition coefficient (Wildman–Crippen LogP) is 4.10. The minimum atomic E-state index is -3.47. The number of benzene rings is 2. The molecule has 0 spiro atoms. The predicted molar refractivity (Wildman–Crippen MR) is 121 cm³/mol. The van der Waals surface area contributed by atoms with Gasteiger partial charge in [0.25, 0.3) is 7.37 Å². The highest BCUT2D eigenvalue weighted by Gasteiger charge is 2.62. The maximum absolute atomic E-state index is 14.7. The lowest BCUT2D eigenvalue weighted by atomic mass is 10.0. The van der Waals surface area contributed by atoms with E-state index in [2.05, 4.69) is 5.32 Å². The Hall–Kier alpha value is -1.73. The van der Waals surface area contributed by atoms with Gasteiger partial charge in [-0.3, -0.25) is 4.57 Å². The smallest absolute Gasteiger partial charge is 0.256 e. The van der Waals surface area contributed by atoms with Crippen LogP contribution in [0.1, 0.15) is 27.7 Å². The van der Waals surface area contributed by atoms with E-state index in [9.17, 15) is 4.57 Å². The van der Waals surface area contributed by atoms with Gasteiger partial charge in [0.05, 0.1) is 6.61 Å². The maximum atomic E-state index is 14.7. The molecule has 2 aromatic rings. The fourth-order valence-electron chi connectivity index (χ4n) is 4.70. The summed E-state index contributed by atoms with van der Waals surface area (Å²) in [6.45, 7) is 7.78. The van der Waals surface area contributed by atoms with Crippen molar-refractivity contribution in [2.24, 2.45) is 0 Å². The molecule has 0 aromatic heterocycles. The second-order valence-electron chi connectivity index (χ2n) is 9.39. The zero-order chi connectivity index (χ0) is 22.6. The van der Waals surface area contributed by atoms with Gasteiger partial charge in [-0.1, -0.05) is 36.4 Å². The molecule has 172 valence electrons. The lowest BCUT2D eigenvalue weighted by molar-refractivity contribution is -0.174. The first-order chi connectivity index (χ1) is 15.2.